The molecular formula is C12H19FN2. The first-order valence-electron chi connectivity index (χ1n) is 5.06. The summed E-state index contributed by atoms with van der Waals surface area (Å²) in [5, 5.41) is 0. The van der Waals surface area contributed by atoms with Crippen LogP contribution >= 0.6 is 0 Å². The van der Waals surface area contributed by atoms with Crippen LogP contribution in [0.4, 0.5) is 15.8 Å². The third-order valence-electron chi connectivity index (χ3n) is 2.11. The molecule has 3 heteroatoms. The molecule has 2 nitrogen and oxygen atoms in total. The minimum Gasteiger partial charge on any atom is -0.397 e. The fourth-order valence-electron chi connectivity index (χ4n) is 1.73. The molecule has 0 amide bonds. The third-order valence-corrected chi connectivity index (χ3v) is 2.11. The molecule has 0 saturated heterocycles. The van der Waals surface area contributed by atoms with Crippen LogP contribution in [0.1, 0.15) is 20.8 Å². The molecule has 84 valence electrons. The van der Waals surface area contributed by atoms with Crippen molar-refractivity contribution in [2.75, 3.05) is 24.2 Å². The van der Waals surface area contributed by atoms with Gasteiger partial charge in [0.05, 0.1) is 11.4 Å². The number of para-hydroxylation sites is 1. The Labute approximate surface area is 90.9 Å². The Kier molecular flexibility index (Phi) is 3.22. The second-order valence-corrected chi connectivity index (χ2v) is 5.09. The quantitative estimate of drug-likeness (QED) is 0.760. The van der Waals surface area contributed by atoms with Crippen molar-refractivity contribution in [1.29, 1.82) is 0 Å². The zero-order valence-electron chi connectivity index (χ0n) is 9.84. The molecule has 15 heavy (non-hydrogen) atoms. The maximum atomic E-state index is 13.6. The highest BCUT2D eigenvalue weighted by atomic mass is 19.1. The van der Waals surface area contributed by atoms with Crippen LogP contribution in [-0.2, 0) is 0 Å². The molecule has 1 aromatic carbocycles. The largest absolute Gasteiger partial charge is 0.397 e. The molecule has 1 aromatic rings. The van der Waals surface area contributed by atoms with Gasteiger partial charge in [-0.3, -0.25) is 0 Å². The third kappa shape index (κ3) is 3.11. The van der Waals surface area contributed by atoms with Crippen LogP contribution in [0.5, 0.6) is 0 Å². The standard InChI is InChI=1S/C12H19FN2/c1-12(2,3)8-15(4)11-9(13)6-5-7-10(11)14/h5-7H,8,14H2,1-4H3. The fraction of sp³-hybridized carbons (Fsp3) is 0.500. The van der Waals surface area contributed by atoms with Crippen molar-refractivity contribution in [2.45, 2.75) is 20.8 Å². The van der Waals surface area contributed by atoms with E-state index in [2.05, 4.69) is 20.8 Å². The summed E-state index contributed by atoms with van der Waals surface area (Å²) in [6, 6.07) is 4.78. The average molecular weight is 210 g/mol. The molecule has 0 bridgehead atoms. The first-order chi connectivity index (χ1) is 6.81. The van der Waals surface area contributed by atoms with E-state index in [9.17, 15) is 4.39 Å². The second kappa shape index (κ2) is 4.09. The van der Waals surface area contributed by atoms with E-state index in [4.69, 9.17) is 5.73 Å². The molecule has 0 aromatic heterocycles. The van der Waals surface area contributed by atoms with Gasteiger partial charge in [0.2, 0.25) is 0 Å². The van der Waals surface area contributed by atoms with Crippen molar-refractivity contribution in [3.63, 3.8) is 0 Å². The Morgan fingerprint density at radius 3 is 2.40 bits per heavy atom. The van der Waals surface area contributed by atoms with Gasteiger partial charge in [-0.15, -0.1) is 0 Å². The molecular weight excluding hydrogens is 191 g/mol. The smallest absolute Gasteiger partial charge is 0.148 e. The van der Waals surface area contributed by atoms with E-state index in [1.807, 2.05) is 11.9 Å². The maximum Gasteiger partial charge on any atom is 0.148 e. The highest BCUT2D eigenvalue weighted by Gasteiger charge is 2.17. The highest BCUT2D eigenvalue weighted by Crippen LogP contribution is 2.28. The number of halogens is 1. The Morgan fingerprint density at radius 1 is 1.33 bits per heavy atom. The Morgan fingerprint density at radius 2 is 1.93 bits per heavy atom. The summed E-state index contributed by atoms with van der Waals surface area (Å²) in [5.74, 6) is -0.262. The Bertz CT molecular complexity index is 322. The first-order valence-corrected chi connectivity index (χ1v) is 5.06. The number of benzene rings is 1. The zero-order chi connectivity index (χ0) is 11.6. The summed E-state index contributed by atoms with van der Waals surface area (Å²) in [6.45, 7) is 7.10. The van der Waals surface area contributed by atoms with Crippen LogP contribution in [0.25, 0.3) is 0 Å². The molecule has 2 N–H and O–H groups in total. The second-order valence-electron chi connectivity index (χ2n) is 5.09. The van der Waals surface area contributed by atoms with Crippen molar-refractivity contribution >= 4 is 11.4 Å². The summed E-state index contributed by atoms with van der Waals surface area (Å²) >= 11 is 0. The average Bonchev–Trinajstić information content (AvgIpc) is 1.99. The highest BCUT2D eigenvalue weighted by molar-refractivity contribution is 5.67. The van der Waals surface area contributed by atoms with Gasteiger partial charge in [-0.2, -0.15) is 0 Å². The number of anilines is 2. The summed E-state index contributed by atoms with van der Waals surface area (Å²) in [6.07, 6.45) is 0. The van der Waals surface area contributed by atoms with E-state index in [1.165, 1.54) is 6.07 Å². The lowest BCUT2D eigenvalue weighted by molar-refractivity contribution is 0.417. The van der Waals surface area contributed by atoms with Gasteiger partial charge in [-0.05, 0) is 17.5 Å². The Hall–Kier alpha value is -1.25. The molecule has 1 rings (SSSR count). The lowest BCUT2D eigenvalue weighted by atomic mass is 9.96. The van der Waals surface area contributed by atoms with Crippen LogP contribution in [0.3, 0.4) is 0 Å². The van der Waals surface area contributed by atoms with E-state index in [0.717, 1.165) is 6.54 Å². The lowest BCUT2D eigenvalue weighted by Gasteiger charge is -2.29. The van der Waals surface area contributed by atoms with Crippen LogP contribution in [0, 0.1) is 11.2 Å². The van der Waals surface area contributed by atoms with E-state index in [0.29, 0.717) is 11.4 Å². The number of nitrogens with zero attached hydrogens (tertiary/aromatic N) is 1. The Balaban J connectivity index is 2.96. The van der Waals surface area contributed by atoms with Crippen LogP contribution in [0.15, 0.2) is 18.2 Å². The first kappa shape index (κ1) is 11.8. The van der Waals surface area contributed by atoms with Gasteiger partial charge in [0.1, 0.15) is 5.82 Å². The number of hydrogen-bond acceptors (Lipinski definition) is 2. The van der Waals surface area contributed by atoms with Crippen molar-refractivity contribution in [2.24, 2.45) is 5.41 Å². The molecule has 0 aliphatic carbocycles. The summed E-state index contributed by atoms with van der Waals surface area (Å²) in [4.78, 5) is 1.87. The topological polar surface area (TPSA) is 29.3 Å². The predicted molar refractivity (Wildman–Crippen MR) is 63.5 cm³/mol. The molecule has 0 heterocycles. The molecule has 0 aliphatic rings. The minimum atomic E-state index is -0.262. The number of nitrogens with two attached hydrogens (primary N) is 1. The molecule has 0 unspecified atom stereocenters. The van der Waals surface area contributed by atoms with E-state index in [1.54, 1.807) is 12.1 Å². The number of hydrogen-bond donors (Lipinski definition) is 1. The number of rotatable bonds is 2. The van der Waals surface area contributed by atoms with Crippen LogP contribution < -0.4 is 10.6 Å². The lowest BCUT2D eigenvalue weighted by Crippen LogP contribution is -2.30. The molecule has 0 atom stereocenters. The fourth-order valence-corrected chi connectivity index (χ4v) is 1.73. The molecule has 0 fully saturated rings. The monoisotopic (exact) mass is 210 g/mol. The maximum absolute atomic E-state index is 13.6. The summed E-state index contributed by atoms with van der Waals surface area (Å²) in [7, 11) is 1.86. The molecule has 0 saturated carbocycles. The van der Waals surface area contributed by atoms with Gasteiger partial charge in [0.15, 0.2) is 0 Å². The van der Waals surface area contributed by atoms with E-state index < -0.39 is 0 Å². The van der Waals surface area contributed by atoms with E-state index in [-0.39, 0.29) is 11.2 Å². The number of nitrogen functional groups attached to an aromatic ring is 1. The van der Waals surface area contributed by atoms with Gasteiger partial charge in [0, 0.05) is 13.6 Å². The van der Waals surface area contributed by atoms with Gasteiger partial charge < -0.3 is 10.6 Å². The molecule has 0 radical (unpaired) electrons. The molecule has 0 aliphatic heterocycles. The van der Waals surface area contributed by atoms with Crippen molar-refractivity contribution in [1.82, 2.24) is 0 Å². The van der Waals surface area contributed by atoms with Gasteiger partial charge in [-0.25, -0.2) is 4.39 Å². The van der Waals surface area contributed by atoms with Gasteiger partial charge in [0.25, 0.3) is 0 Å². The summed E-state index contributed by atoms with van der Waals surface area (Å²) in [5.41, 5.74) is 6.85. The van der Waals surface area contributed by atoms with E-state index >= 15 is 0 Å². The normalized spacial score (nSPS) is 11.5. The summed E-state index contributed by atoms with van der Waals surface area (Å²) < 4.78 is 13.6. The minimum absolute atomic E-state index is 0.115. The van der Waals surface area contributed by atoms with Gasteiger partial charge >= 0.3 is 0 Å². The predicted octanol–water partition coefficient (Wildman–Crippen LogP) is 2.89. The van der Waals surface area contributed by atoms with Crippen LogP contribution in [0.2, 0.25) is 0 Å². The van der Waals surface area contributed by atoms with Crippen LogP contribution in [-0.4, -0.2) is 13.6 Å². The molecule has 0 spiro atoms. The van der Waals surface area contributed by atoms with Gasteiger partial charge in [-0.1, -0.05) is 26.8 Å². The van der Waals surface area contributed by atoms with Crippen molar-refractivity contribution < 1.29 is 4.39 Å². The SMILES string of the molecule is CN(CC(C)(C)C)c1c(N)cccc1F. The zero-order valence-corrected chi connectivity index (χ0v) is 9.84. The van der Waals surface area contributed by atoms with Crippen molar-refractivity contribution in [3.05, 3.63) is 24.0 Å². The van der Waals surface area contributed by atoms with Crippen molar-refractivity contribution in [3.8, 4) is 0 Å².